The number of aromatic nitrogens is 2. The molecule has 0 radical (unpaired) electrons. The zero-order valence-corrected chi connectivity index (χ0v) is 9.78. The number of hydrogen-bond donors (Lipinski definition) is 5. The zero-order valence-electron chi connectivity index (χ0n) is 9.78. The number of rotatable bonds is 4. The van der Waals surface area contributed by atoms with Gasteiger partial charge in [-0.1, -0.05) is 0 Å². The van der Waals surface area contributed by atoms with Gasteiger partial charge in [0.2, 0.25) is 5.96 Å². The van der Waals surface area contributed by atoms with E-state index >= 15 is 0 Å². The number of likely N-dealkylation sites (N-methyl/N-ethyl adjacent to an activating group) is 1. The van der Waals surface area contributed by atoms with Gasteiger partial charge in [0.1, 0.15) is 0 Å². The third-order valence-electron chi connectivity index (χ3n) is 2.21. The highest BCUT2D eigenvalue weighted by molar-refractivity contribution is 5.80. The van der Waals surface area contributed by atoms with Crippen LogP contribution >= 0.6 is 0 Å². The van der Waals surface area contributed by atoms with Crippen LogP contribution in [0.4, 0.5) is 5.95 Å². The van der Waals surface area contributed by atoms with Gasteiger partial charge in [-0.2, -0.15) is 5.26 Å². The fourth-order valence-electron chi connectivity index (χ4n) is 1.33. The monoisotopic (exact) mass is 236 g/mol. The van der Waals surface area contributed by atoms with E-state index in [0.717, 1.165) is 5.69 Å². The van der Waals surface area contributed by atoms with Gasteiger partial charge in [-0.05, 0) is 7.05 Å². The van der Waals surface area contributed by atoms with Crippen molar-refractivity contribution >= 4 is 11.9 Å². The molecule has 0 aromatic carbocycles. The second-order valence-corrected chi connectivity index (χ2v) is 3.25. The van der Waals surface area contributed by atoms with Crippen LogP contribution in [0.2, 0.25) is 0 Å². The van der Waals surface area contributed by atoms with Crippen LogP contribution in [0.15, 0.2) is 11.2 Å². The van der Waals surface area contributed by atoms with Gasteiger partial charge in [0.05, 0.1) is 17.9 Å². The summed E-state index contributed by atoms with van der Waals surface area (Å²) in [6.07, 6.45) is 3.47. The van der Waals surface area contributed by atoms with E-state index in [1.165, 1.54) is 0 Å². The number of nitrogens with zero attached hydrogens (tertiary/aromatic N) is 3. The van der Waals surface area contributed by atoms with Crippen LogP contribution in [0.1, 0.15) is 11.7 Å². The van der Waals surface area contributed by atoms with Crippen LogP contribution in [0.25, 0.3) is 0 Å². The Bertz CT molecular complexity index is 415. The highest BCUT2D eigenvalue weighted by atomic mass is 15.2. The predicted octanol–water partition coefficient (Wildman–Crippen LogP) is -1.10. The molecule has 1 unspecified atom stereocenters. The maximum Gasteiger partial charge on any atom is 0.204 e. The highest BCUT2D eigenvalue weighted by Crippen LogP contribution is 2.09. The molecule has 8 heteroatoms. The van der Waals surface area contributed by atoms with E-state index in [2.05, 4.69) is 30.9 Å². The molecule has 1 rings (SSSR count). The first kappa shape index (κ1) is 12.8. The van der Waals surface area contributed by atoms with E-state index < -0.39 is 0 Å². The SMILES string of the molecule is CN=C(NC#N)NCC(NC)c1cnc(N)[nH]1. The van der Waals surface area contributed by atoms with Crippen LogP contribution in [0.5, 0.6) is 0 Å². The minimum absolute atomic E-state index is 0.00274. The molecule has 0 bridgehead atoms. The predicted molar refractivity (Wildman–Crippen MR) is 64.9 cm³/mol. The standard InChI is InChI=1S/C9H16N8/c1-12-6(7-4-14-8(11)17-7)3-15-9(13-2)16-5-10/h4,6,12H,3H2,1-2H3,(H3,11,14,17)(H2,13,15,16). The van der Waals surface area contributed by atoms with Gasteiger partial charge in [-0.3, -0.25) is 10.3 Å². The van der Waals surface area contributed by atoms with Crippen LogP contribution in [-0.4, -0.2) is 36.6 Å². The molecule has 0 spiro atoms. The second kappa shape index (κ2) is 6.34. The number of aromatic amines is 1. The number of nitriles is 1. The lowest BCUT2D eigenvalue weighted by Gasteiger charge is -2.16. The molecule has 0 aliphatic heterocycles. The van der Waals surface area contributed by atoms with Crippen LogP contribution in [0, 0.1) is 11.5 Å². The highest BCUT2D eigenvalue weighted by Gasteiger charge is 2.12. The smallest absolute Gasteiger partial charge is 0.204 e. The molecule has 8 nitrogen and oxygen atoms in total. The number of H-pyrrole nitrogens is 1. The first-order chi connectivity index (χ1) is 8.21. The number of anilines is 1. The molecule has 92 valence electrons. The Hall–Kier alpha value is -2.27. The minimum atomic E-state index is -0.00274. The molecule has 0 fully saturated rings. The minimum Gasteiger partial charge on any atom is -0.369 e. The summed E-state index contributed by atoms with van der Waals surface area (Å²) in [5.41, 5.74) is 6.37. The summed E-state index contributed by atoms with van der Waals surface area (Å²) >= 11 is 0. The van der Waals surface area contributed by atoms with E-state index in [1.807, 2.05) is 7.05 Å². The van der Waals surface area contributed by atoms with E-state index in [0.29, 0.717) is 18.5 Å². The van der Waals surface area contributed by atoms with Gasteiger partial charge in [-0.15, -0.1) is 0 Å². The topological polar surface area (TPSA) is 127 Å². The van der Waals surface area contributed by atoms with Crippen molar-refractivity contribution in [2.75, 3.05) is 26.4 Å². The van der Waals surface area contributed by atoms with Crippen molar-refractivity contribution in [3.05, 3.63) is 11.9 Å². The molecule has 0 aliphatic carbocycles. The van der Waals surface area contributed by atoms with E-state index in [4.69, 9.17) is 11.0 Å². The van der Waals surface area contributed by atoms with Crippen LogP contribution in [-0.2, 0) is 0 Å². The van der Waals surface area contributed by atoms with Gasteiger partial charge in [-0.25, -0.2) is 4.98 Å². The number of nitrogens with two attached hydrogens (primary N) is 1. The Morgan fingerprint density at radius 1 is 1.76 bits per heavy atom. The van der Waals surface area contributed by atoms with E-state index in [9.17, 15) is 0 Å². The summed E-state index contributed by atoms with van der Waals surface area (Å²) in [6, 6.07) is -0.00274. The van der Waals surface area contributed by atoms with Crippen molar-refractivity contribution in [3.8, 4) is 6.19 Å². The van der Waals surface area contributed by atoms with Crippen molar-refractivity contribution in [3.63, 3.8) is 0 Å². The molecule has 17 heavy (non-hydrogen) atoms. The molecule has 1 heterocycles. The van der Waals surface area contributed by atoms with Crippen LogP contribution in [0.3, 0.4) is 0 Å². The van der Waals surface area contributed by atoms with Crippen molar-refractivity contribution in [2.45, 2.75) is 6.04 Å². The lowest BCUT2D eigenvalue weighted by molar-refractivity contribution is 0.564. The summed E-state index contributed by atoms with van der Waals surface area (Å²) in [5.74, 6) is 0.792. The average Bonchev–Trinajstić information content (AvgIpc) is 2.75. The maximum absolute atomic E-state index is 8.48. The molecule has 6 N–H and O–H groups in total. The van der Waals surface area contributed by atoms with Crippen LogP contribution < -0.4 is 21.7 Å². The second-order valence-electron chi connectivity index (χ2n) is 3.25. The molecule has 0 saturated carbocycles. The Kier molecular flexibility index (Phi) is 4.77. The Balaban J connectivity index is 2.57. The third-order valence-corrected chi connectivity index (χ3v) is 2.21. The normalized spacial score (nSPS) is 12.9. The Labute approximate surface area is 99.3 Å². The van der Waals surface area contributed by atoms with Crippen molar-refractivity contribution in [1.82, 2.24) is 25.9 Å². The lowest BCUT2D eigenvalue weighted by Crippen LogP contribution is -2.39. The van der Waals surface area contributed by atoms with E-state index in [1.54, 1.807) is 19.4 Å². The first-order valence-electron chi connectivity index (χ1n) is 5.04. The quantitative estimate of drug-likeness (QED) is 0.195. The zero-order chi connectivity index (χ0) is 12.7. The van der Waals surface area contributed by atoms with Crippen molar-refractivity contribution in [1.29, 1.82) is 5.26 Å². The number of aliphatic imine (C=N–C) groups is 1. The summed E-state index contributed by atoms with van der Waals surface area (Å²) in [5, 5.41) is 17.0. The molecule has 0 aliphatic rings. The molecule has 1 atom stereocenters. The van der Waals surface area contributed by atoms with Crippen molar-refractivity contribution in [2.24, 2.45) is 4.99 Å². The fraction of sp³-hybridized carbons (Fsp3) is 0.444. The summed E-state index contributed by atoms with van der Waals surface area (Å²) < 4.78 is 0. The summed E-state index contributed by atoms with van der Waals surface area (Å²) in [4.78, 5) is 10.7. The molecule has 1 aromatic rings. The van der Waals surface area contributed by atoms with Gasteiger partial charge in [0, 0.05) is 13.6 Å². The lowest BCUT2D eigenvalue weighted by atomic mass is 10.2. The summed E-state index contributed by atoms with van der Waals surface area (Å²) in [7, 11) is 3.42. The van der Waals surface area contributed by atoms with Gasteiger partial charge in [0.25, 0.3) is 0 Å². The number of nitrogen functional groups attached to an aromatic ring is 1. The van der Waals surface area contributed by atoms with Gasteiger partial charge in [0.15, 0.2) is 12.1 Å². The van der Waals surface area contributed by atoms with Gasteiger partial charge < -0.3 is 21.4 Å². The third kappa shape index (κ3) is 3.66. The maximum atomic E-state index is 8.48. The largest absolute Gasteiger partial charge is 0.369 e. The first-order valence-corrected chi connectivity index (χ1v) is 5.04. The summed E-state index contributed by atoms with van der Waals surface area (Å²) in [6.45, 7) is 0.541. The number of hydrogen-bond acceptors (Lipinski definition) is 5. The molecule has 0 amide bonds. The van der Waals surface area contributed by atoms with E-state index in [-0.39, 0.29) is 6.04 Å². The average molecular weight is 236 g/mol. The fourth-order valence-corrected chi connectivity index (χ4v) is 1.33. The van der Waals surface area contributed by atoms with Crippen molar-refractivity contribution < 1.29 is 0 Å². The molecule has 0 saturated heterocycles. The number of imidazole rings is 1. The number of nitrogens with one attached hydrogen (secondary N) is 4. The van der Waals surface area contributed by atoms with Gasteiger partial charge >= 0.3 is 0 Å². The molecular formula is C9H16N8. The number of guanidine groups is 1. The molecule has 1 aromatic heterocycles. The molecular weight excluding hydrogens is 220 g/mol. The Morgan fingerprint density at radius 2 is 2.53 bits per heavy atom. The Morgan fingerprint density at radius 3 is 3.00 bits per heavy atom.